The van der Waals surface area contributed by atoms with Crippen LogP contribution in [0.1, 0.15) is 18.2 Å². The third-order valence-corrected chi connectivity index (χ3v) is 5.78. The fourth-order valence-electron chi connectivity index (χ4n) is 3.03. The maximum absolute atomic E-state index is 13.1. The van der Waals surface area contributed by atoms with Crippen molar-refractivity contribution in [2.75, 3.05) is 5.32 Å². The van der Waals surface area contributed by atoms with Gasteiger partial charge in [0.1, 0.15) is 5.76 Å². The lowest BCUT2D eigenvalue weighted by Crippen LogP contribution is -2.27. The van der Waals surface area contributed by atoms with Crippen LogP contribution in [0.25, 0.3) is 10.9 Å². The van der Waals surface area contributed by atoms with Gasteiger partial charge in [0.25, 0.3) is 5.56 Å². The molecule has 0 saturated carbocycles. The molecule has 4 rings (SSSR count). The highest BCUT2D eigenvalue weighted by molar-refractivity contribution is 8.00. The molecule has 1 amide bonds. The largest absolute Gasteiger partial charge is 0.467 e. The lowest BCUT2D eigenvalue weighted by atomic mass is 10.2. The number of hydrogen-bond donors (Lipinski definition) is 1. The second-order valence-corrected chi connectivity index (χ2v) is 8.31. The molecule has 0 aliphatic rings. The van der Waals surface area contributed by atoms with Gasteiger partial charge in [-0.3, -0.25) is 14.2 Å². The van der Waals surface area contributed by atoms with Gasteiger partial charge in [-0.2, -0.15) is 0 Å². The second kappa shape index (κ2) is 8.59. The van der Waals surface area contributed by atoms with Crippen molar-refractivity contribution in [2.24, 2.45) is 0 Å². The summed E-state index contributed by atoms with van der Waals surface area (Å²) in [4.78, 5) is 30.5. The summed E-state index contributed by atoms with van der Waals surface area (Å²) in [5.41, 5.74) is 2.30. The van der Waals surface area contributed by atoms with Crippen LogP contribution in [-0.2, 0) is 11.3 Å². The number of furan rings is 1. The van der Waals surface area contributed by atoms with Crippen molar-refractivity contribution in [3.05, 3.63) is 88.6 Å². The number of para-hydroxylation sites is 1. The standard InChI is InChI=1S/C23H21N3O3S/c1-15-9-11-17(12-10-15)24-21(27)16(2)30-23-25-20-8-4-3-7-19(20)22(28)26(23)14-18-6-5-13-29-18/h3-13,16H,14H2,1-2H3,(H,24,27). The molecule has 0 aliphatic heterocycles. The average Bonchev–Trinajstić information content (AvgIpc) is 3.26. The van der Waals surface area contributed by atoms with Crippen LogP contribution >= 0.6 is 11.8 Å². The number of nitrogens with one attached hydrogen (secondary N) is 1. The van der Waals surface area contributed by atoms with Crippen molar-refractivity contribution >= 4 is 34.3 Å². The van der Waals surface area contributed by atoms with E-state index in [2.05, 4.69) is 10.3 Å². The van der Waals surface area contributed by atoms with E-state index in [0.29, 0.717) is 21.8 Å². The third kappa shape index (κ3) is 4.31. The Kier molecular flexibility index (Phi) is 5.72. The van der Waals surface area contributed by atoms with E-state index in [1.165, 1.54) is 11.8 Å². The lowest BCUT2D eigenvalue weighted by molar-refractivity contribution is -0.115. The summed E-state index contributed by atoms with van der Waals surface area (Å²) < 4.78 is 6.98. The number of anilines is 1. The summed E-state index contributed by atoms with van der Waals surface area (Å²) in [5.74, 6) is 0.489. The zero-order valence-corrected chi connectivity index (χ0v) is 17.5. The van der Waals surface area contributed by atoms with E-state index in [9.17, 15) is 9.59 Å². The van der Waals surface area contributed by atoms with Crippen LogP contribution in [0.2, 0.25) is 0 Å². The van der Waals surface area contributed by atoms with Crippen molar-refractivity contribution in [3.63, 3.8) is 0 Å². The summed E-state index contributed by atoms with van der Waals surface area (Å²) in [6.45, 7) is 4.04. The minimum atomic E-state index is -0.456. The number of aromatic nitrogens is 2. The van der Waals surface area contributed by atoms with Gasteiger partial charge >= 0.3 is 0 Å². The first-order chi connectivity index (χ1) is 14.5. The van der Waals surface area contributed by atoms with E-state index in [-0.39, 0.29) is 18.0 Å². The van der Waals surface area contributed by atoms with Gasteiger partial charge in [0.15, 0.2) is 5.16 Å². The molecule has 0 aliphatic carbocycles. The number of amides is 1. The molecule has 7 heteroatoms. The number of carbonyl (C=O) groups is 1. The predicted molar refractivity (Wildman–Crippen MR) is 119 cm³/mol. The molecule has 1 unspecified atom stereocenters. The first-order valence-electron chi connectivity index (χ1n) is 9.57. The van der Waals surface area contributed by atoms with Crippen molar-refractivity contribution in [1.29, 1.82) is 0 Å². The van der Waals surface area contributed by atoms with Crippen molar-refractivity contribution in [2.45, 2.75) is 30.8 Å². The van der Waals surface area contributed by atoms with Crippen molar-refractivity contribution < 1.29 is 9.21 Å². The molecule has 2 heterocycles. The zero-order chi connectivity index (χ0) is 21.1. The van der Waals surface area contributed by atoms with Crippen LogP contribution in [0, 0.1) is 6.92 Å². The van der Waals surface area contributed by atoms with Gasteiger partial charge in [0, 0.05) is 5.69 Å². The fraction of sp³-hybridized carbons (Fsp3) is 0.174. The second-order valence-electron chi connectivity index (χ2n) is 7.00. The zero-order valence-electron chi connectivity index (χ0n) is 16.7. The quantitative estimate of drug-likeness (QED) is 0.369. The molecule has 0 bridgehead atoms. The third-order valence-electron chi connectivity index (χ3n) is 4.69. The Morgan fingerprint density at radius 2 is 1.90 bits per heavy atom. The predicted octanol–water partition coefficient (Wildman–Crippen LogP) is 4.47. The molecule has 0 spiro atoms. The highest BCUT2D eigenvalue weighted by Crippen LogP contribution is 2.24. The highest BCUT2D eigenvalue weighted by Gasteiger charge is 2.20. The Balaban J connectivity index is 1.64. The number of hydrogen-bond acceptors (Lipinski definition) is 5. The smallest absolute Gasteiger partial charge is 0.262 e. The molecule has 1 N–H and O–H groups in total. The molecule has 6 nitrogen and oxygen atoms in total. The molecular weight excluding hydrogens is 398 g/mol. The minimum Gasteiger partial charge on any atom is -0.467 e. The van der Waals surface area contributed by atoms with Crippen LogP contribution in [0.3, 0.4) is 0 Å². The van der Waals surface area contributed by atoms with Crippen LogP contribution < -0.4 is 10.9 Å². The van der Waals surface area contributed by atoms with Crippen molar-refractivity contribution in [3.8, 4) is 0 Å². The maximum atomic E-state index is 13.1. The maximum Gasteiger partial charge on any atom is 0.262 e. The number of fused-ring (bicyclic) bond motifs is 1. The lowest BCUT2D eigenvalue weighted by Gasteiger charge is -2.16. The van der Waals surface area contributed by atoms with Crippen molar-refractivity contribution in [1.82, 2.24) is 9.55 Å². The molecule has 2 aromatic carbocycles. The molecule has 4 aromatic rings. The van der Waals surface area contributed by atoms with E-state index < -0.39 is 5.25 Å². The minimum absolute atomic E-state index is 0.157. The normalized spacial score (nSPS) is 12.1. The number of aryl methyl sites for hydroxylation is 1. The average molecular weight is 420 g/mol. The Hall–Kier alpha value is -3.32. The summed E-state index contributed by atoms with van der Waals surface area (Å²) in [5, 5.41) is 3.46. The van der Waals surface area contributed by atoms with Gasteiger partial charge < -0.3 is 9.73 Å². The fourth-order valence-corrected chi connectivity index (χ4v) is 3.94. The topological polar surface area (TPSA) is 77.1 Å². The Morgan fingerprint density at radius 1 is 1.13 bits per heavy atom. The van der Waals surface area contributed by atoms with Gasteiger partial charge in [0.2, 0.25) is 5.91 Å². The molecule has 0 saturated heterocycles. The van der Waals surface area contributed by atoms with Crippen LogP contribution in [0.15, 0.2) is 81.3 Å². The van der Waals surface area contributed by atoms with E-state index in [1.54, 1.807) is 36.0 Å². The monoisotopic (exact) mass is 419 g/mol. The molecule has 152 valence electrons. The first-order valence-corrected chi connectivity index (χ1v) is 10.5. The molecular formula is C23H21N3O3S. The van der Waals surface area contributed by atoms with Gasteiger partial charge in [-0.15, -0.1) is 0 Å². The van der Waals surface area contributed by atoms with Crippen LogP contribution in [-0.4, -0.2) is 20.7 Å². The number of thioether (sulfide) groups is 1. The molecule has 0 fully saturated rings. The Bertz CT molecular complexity index is 1230. The SMILES string of the molecule is Cc1ccc(NC(=O)C(C)Sc2nc3ccccc3c(=O)n2Cc2ccco2)cc1. The summed E-state index contributed by atoms with van der Waals surface area (Å²) in [7, 11) is 0. The number of rotatable bonds is 6. The number of benzene rings is 2. The first kappa shape index (κ1) is 20.0. The van der Waals surface area contributed by atoms with E-state index >= 15 is 0 Å². The van der Waals surface area contributed by atoms with Gasteiger partial charge in [0.05, 0.1) is 29.0 Å². The number of nitrogens with zero attached hydrogens (tertiary/aromatic N) is 2. The summed E-state index contributed by atoms with van der Waals surface area (Å²) in [6.07, 6.45) is 1.57. The Morgan fingerprint density at radius 3 is 2.63 bits per heavy atom. The molecule has 1 atom stereocenters. The summed E-state index contributed by atoms with van der Waals surface area (Å²) in [6, 6.07) is 18.4. The van der Waals surface area contributed by atoms with Gasteiger partial charge in [-0.25, -0.2) is 4.98 Å². The van der Waals surface area contributed by atoms with Gasteiger partial charge in [-0.05, 0) is 50.2 Å². The van der Waals surface area contributed by atoms with Crippen LogP contribution in [0.4, 0.5) is 5.69 Å². The van der Waals surface area contributed by atoms with Gasteiger partial charge in [-0.1, -0.05) is 41.6 Å². The van der Waals surface area contributed by atoms with Crippen LogP contribution in [0.5, 0.6) is 0 Å². The summed E-state index contributed by atoms with van der Waals surface area (Å²) >= 11 is 1.25. The molecule has 0 radical (unpaired) electrons. The van der Waals surface area contributed by atoms with E-state index in [0.717, 1.165) is 11.3 Å². The highest BCUT2D eigenvalue weighted by atomic mass is 32.2. The Labute approximate surface area is 177 Å². The number of carbonyl (C=O) groups excluding carboxylic acids is 1. The molecule has 2 aromatic heterocycles. The van der Waals surface area contributed by atoms with E-state index in [1.807, 2.05) is 49.4 Å². The van der Waals surface area contributed by atoms with E-state index in [4.69, 9.17) is 4.42 Å². The molecule has 30 heavy (non-hydrogen) atoms.